The summed E-state index contributed by atoms with van der Waals surface area (Å²) in [5, 5.41) is 5.96. The highest BCUT2D eigenvalue weighted by Crippen LogP contribution is 2.16. The average Bonchev–Trinajstić information content (AvgIpc) is 2.61. The largest absolute Gasteiger partial charge is 0.489 e. The number of nitrogens with one attached hydrogen (secondary N) is 2. The van der Waals surface area contributed by atoms with Crippen molar-refractivity contribution in [2.45, 2.75) is 12.7 Å². The molecule has 126 valence electrons. The van der Waals surface area contributed by atoms with E-state index in [-0.39, 0.29) is 18.3 Å². The third-order valence-electron chi connectivity index (χ3n) is 3.62. The summed E-state index contributed by atoms with van der Waals surface area (Å²) in [5.41, 5.74) is 1.55. The Morgan fingerprint density at radius 2 is 2.17 bits per heavy atom. The minimum absolute atomic E-state index is 0.176. The number of hydrogen-bond acceptors (Lipinski definition) is 4. The summed E-state index contributed by atoms with van der Waals surface area (Å²) in [5.74, 6) is -0.0499. The smallest absolute Gasteiger partial charge is 0.254 e. The first kappa shape index (κ1) is 16.4. The maximum Gasteiger partial charge on any atom is 0.254 e. The van der Waals surface area contributed by atoms with Crippen molar-refractivity contribution in [2.24, 2.45) is 0 Å². The standard InChI is InChI=1S/C18H19FN2O3/c19-14-4-2-6-16(10-14)24-12-13-3-1-5-15(9-13)21-18(22)17-11-20-7-8-23-17/h1-6,9-10,17,20H,7-8,11-12H2,(H,21,22). The molecule has 1 atom stereocenters. The van der Waals surface area contributed by atoms with Crippen molar-refractivity contribution in [3.63, 3.8) is 0 Å². The van der Waals surface area contributed by atoms with Crippen LogP contribution in [0.1, 0.15) is 5.56 Å². The zero-order valence-electron chi connectivity index (χ0n) is 13.1. The van der Waals surface area contributed by atoms with Crippen LogP contribution in [-0.4, -0.2) is 31.7 Å². The Kier molecular flexibility index (Phi) is 5.40. The molecule has 0 bridgehead atoms. The van der Waals surface area contributed by atoms with Gasteiger partial charge in [-0.15, -0.1) is 0 Å². The second-order valence-electron chi connectivity index (χ2n) is 5.50. The molecule has 0 aliphatic carbocycles. The van der Waals surface area contributed by atoms with Crippen LogP contribution < -0.4 is 15.4 Å². The fraction of sp³-hybridized carbons (Fsp3) is 0.278. The highest BCUT2D eigenvalue weighted by Gasteiger charge is 2.21. The van der Waals surface area contributed by atoms with Gasteiger partial charge in [0.25, 0.3) is 5.91 Å². The molecule has 0 aromatic heterocycles. The van der Waals surface area contributed by atoms with Crippen molar-refractivity contribution >= 4 is 11.6 Å². The van der Waals surface area contributed by atoms with Crippen molar-refractivity contribution in [2.75, 3.05) is 25.0 Å². The van der Waals surface area contributed by atoms with Gasteiger partial charge in [-0.25, -0.2) is 4.39 Å². The molecule has 2 aromatic carbocycles. The lowest BCUT2D eigenvalue weighted by atomic mass is 10.2. The Morgan fingerprint density at radius 3 is 2.96 bits per heavy atom. The summed E-state index contributed by atoms with van der Waals surface area (Å²) >= 11 is 0. The number of carbonyl (C=O) groups is 1. The zero-order valence-corrected chi connectivity index (χ0v) is 13.1. The van der Waals surface area contributed by atoms with Gasteiger partial charge in [-0.05, 0) is 29.8 Å². The van der Waals surface area contributed by atoms with Crippen LogP contribution in [0, 0.1) is 5.82 Å². The van der Waals surface area contributed by atoms with E-state index in [1.807, 2.05) is 18.2 Å². The van der Waals surface area contributed by atoms with E-state index in [4.69, 9.17) is 9.47 Å². The van der Waals surface area contributed by atoms with E-state index < -0.39 is 6.10 Å². The van der Waals surface area contributed by atoms with Gasteiger partial charge in [0.15, 0.2) is 0 Å². The number of anilines is 1. The van der Waals surface area contributed by atoms with Gasteiger partial charge < -0.3 is 20.1 Å². The van der Waals surface area contributed by atoms with Gasteiger partial charge in [-0.1, -0.05) is 18.2 Å². The Hall–Kier alpha value is -2.44. The Labute approximate surface area is 139 Å². The van der Waals surface area contributed by atoms with E-state index >= 15 is 0 Å². The van der Waals surface area contributed by atoms with Crippen LogP contribution in [0.25, 0.3) is 0 Å². The van der Waals surface area contributed by atoms with E-state index in [0.29, 0.717) is 24.6 Å². The number of morpholine rings is 1. The average molecular weight is 330 g/mol. The molecule has 0 saturated carbocycles. The fourth-order valence-electron chi connectivity index (χ4n) is 2.42. The molecule has 24 heavy (non-hydrogen) atoms. The molecule has 6 heteroatoms. The first-order chi connectivity index (χ1) is 11.7. The monoisotopic (exact) mass is 330 g/mol. The maximum atomic E-state index is 13.1. The fourth-order valence-corrected chi connectivity index (χ4v) is 2.42. The second kappa shape index (κ2) is 7.90. The number of carbonyl (C=O) groups excluding carboxylic acids is 1. The molecule has 1 aliphatic rings. The summed E-state index contributed by atoms with van der Waals surface area (Å²) in [7, 11) is 0. The van der Waals surface area contributed by atoms with E-state index in [0.717, 1.165) is 12.1 Å². The Balaban J connectivity index is 1.58. The summed E-state index contributed by atoms with van der Waals surface area (Å²) in [6, 6.07) is 13.3. The molecule has 1 saturated heterocycles. The lowest BCUT2D eigenvalue weighted by Crippen LogP contribution is -2.45. The third-order valence-corrected chi connectivity index (χ3v) is 3.62. The normalized spacial score (nSPS) is 17.3. The number of benzene rings is 2. The maximum absolute atomic E-state index is 13.1. The number of ether oxygens (including phenoxy) is 2. The minimum atomic E-state index is -0.481. The predicted octanol–water partition coefficient (Wildman–Crippen LogP) is 2.33. The zero-order chi connectivity index (χ0) is 16.8. The van der Waals surface area contributed by atoms with E-state index in [1.54, 1.807) is 18.2 Å². The summed E-state index contributed by atoms with van der Waals surface area (Å²) in [4.78, 5) is 12.1. The van der Waals surface area contributed by atoms with Gasteiger partial charge in [0.1, 0.15) is 24.3 Å². The van der Waals surface area contributed by atoms with E-state index in [9.17, 15) is 9.18 Å². The van der Waals surface area contributed by atoms with Gasteiger partial charge in [0.05, 0.1) is 6.61 Å². The Morgan fingerprint density at radius 1 is 1.29 bits per heavy atom. The Bertz CT molecular complexity index is 702. The van der Waals surface area contributed by atoms with Gasteiger partial charge >= 0.3 is 0 Å². The lowest BCUT2D eigenvalue weighted by Gasteiger charge is -2.22. The highest BCUT2D eigenvalue weighted by atomic mass is 19.1. The molecule has 3 rings (SSSR count). The minimum Gasteiger partial charge on any atom is -0.489 e. The molecular formula is C18H19FN2O3. The third kappa shape index (κ3) is 4.53. The first-order valence-electron chi connectivity index (χ1n) is 7.81. The quantitative estimate of drug-likeness (QED) is 0.883. The van der Waals surface area contributed by atoms with Crippen molar-refractivity contribution in [1.29, 1.82) is 0 Å². The number of amides is 1. The molecule has 5 nitrogen and oxygen atoms in total. The molecule has 1 heterocycles. The second-order valence-corrected chi connectivity index (χ2v) is 5.50. The van der Waals surface area contributed by atoms with E-state index in [1.165, 1.54) is 12.1 Å². The van der Waals surface area contributed by atoms with Crippen LogP contribution in [0.15, 0.2) is 48.5 Å². The van der Waals surface area contributed by atoms with Gasteiger partial charge in [-0.3, -0.25) is 4.79 Å². The van der Waals surface area contributed by atoms with Crippen LogP contribution in [0.3, 0.4) is 0 Å². The van der Waals surface area contributed by atoms with Crippen molar-refractivity contribution in [3.8, 4) is 5.75 Å². The van der Waals surface area contributed by atoms with Crippen LogP contribution in [0.4, 0.5) is 10.1 Å². The topological polar surface area (TPSA) is 59.6 Å². The highest BCUT2D eigenvalue weighted by molar-refractivity contribution is 5.94. The van der Waals surface area contributed by atoms with Crippen LogP contribution in [-0.2, 0) is 16.1 Å². The SMILES string of the molecule is O=C(Nc1cccc(COc2cccc(F)c2)c1)C1CNCCO1. The summed E-state index contributed by atoms with van der Waals surface area (Å²) in [6.45, 7) is 2.08. The number of hydrogen-bond donors (Lipinski definition) is 2. The van der Waals surface area contributed by atoms with Crippen molar-refractivity contribution in [3.05, 3.63) is 59.9 Å². The first-order valence-corrected chi connectivity index (χ1v) is 7.81. The van der Waals surface area contributed by atoms with Gasteiger partial charge in [0.2, 0.25) is 0 Å². The molecule has 1 fully saturated rings. The molecule has 2 aromatic rings. The molecular weight excluding hydrogens is 311 g/mol. The summed E-state index contributed by atoms with van der Waals surface area (Å²) < 4.78 is 24.1. The molecule has 1 amide bonds. The van der Waals surface area contributed by atoms with Crippen LogP contribution >= 0.6 is 0 Å². The van der Waals surface area contributed by atoms with Gasteiger partial charge in [0, 0.05) is 24.8 Å². The van der Waals surface area contributed by atoms with E-state index in [2.05, 4.69) is 10.6 Å². The number of halogens is 1. The molecule has 1 unspecified atom stereocenters. The molecule has 1 aliphatic heterocycles. The molecule has 0 spiro atoms. The molecule has 2 N–H and O–H groups in total. The summed E-state index contributed by atoms with van der Waals surface area (Å²) in [6.07, 6.45) is -0.481. The van der Waals surface area contributed by atoms with Crippen molar-refractivity contribution < 1.29 is 18.7 Å². The predicted molar refractivity (Wildman–Crippen MR) is 88.4 cm³/mol. The van der Waals surface area contributed by atoms with Gasteiger partial charge in [-0.2, -0.15) is 0 Å². The van der Waals surface area contributed by atoms with Crippen LogP contribution in [0.5, 0.6) is 5.75 Å². The lowest BCUT2D eigenvalue weighted by molar-refractivity contribution is -0.128. The number of rotatable bonds is 5. The van der Waals surface area contributed by atoms with Crippen molar-refractivity contribution in [1.82, 2.24) is 5.32 Å². The van der Waals surface area contributed by atoms with Crippen LogP contribution in [0.2, 0.25) is 0 Å². The molecule has 0 radical (unpaired) electrons.